The Labute approximate surface area is 101 Å². The van der Waals surface area contributed by atoms with E-state index in [4.69, 9.17) is 5.73 Å². The number of aromatic nitrogens is 2. The summed E-state index contributed by atoms with van der Waals surface area (Å²) < 4.78 is 1.81. The van der Waals surface area contributed by atoms with Crippen LogP contribution in [0.25, 0.3) is 0 Å². The molecule has 1 amide bonds. The van der Waals surface area contributed by atoms with E-state index in [1.165, 1.54) is 0 Å². The van der Waals surface area contributed by atoms with Crippen LogP contribution in [0.1, 0.15) is 18.2 Å². The van der Waals surface area contributed by atoms with Crippen LogP contribution in [0.3, 0.4) is 0 Å². The molecule has 6 nitrogen and oxygen atoms in total. The molecule has 1 unspecified atom stereocenters. The lowest BCUT2D eigenvalue weighted by molar-refractivity contribution is -0.122. The van der Waals surface area contributed by atoms with Crippen LogP contribution in [-0.2, 0) is 18.4 Å². The summed E-state index contributed by atoms with van der Waals surface area (Å²) in [4.78, 5) is 13.8. The van der Waals surface area contributed by atoms with Gasteiger partial charge in [0.25, 0.3) is 0 Å². The summed E-state index contributed by atoms with van der Waals surface area (Å²) in [5, 5.41) is 7.23. The van der Waals surface area contributed by atoms with E-state index >= 15 is 0 Å². The molecule has 1 atom stereocenters. The third kappa shape index (κ3) is 1.88. The van der Waals surface area contributed by atoms with Crippen LogP contribution < -0.4 is 16.0 Å². The van der Waals surface area contributed by atoms with Crippen LogP contribution in [0, 0.1) is 6.92 Å². The number of rotatable bonds is 2. The average molecular weight is 237 g/mol. The summed E-state index contributed by atoms with van der Waals surface area (Å²) in [6, 6.07) is -0.177. The van der Waals surface area contributed by atoms with Crippen LogP contribution in [0.5, 0.6) is 0 Å². The van der Waals surface area contributed by atoms with Crippen molar-refractivity contribution in [3.8, 4) is 0 Å². The van der Waals surface area contributed by atoms with Crippen molar-refractivity contribution >= 4 is 11.7 Å². The van der Waals surface area contributed by atoms with Crippen LogP contribution in [0.4, 0.5) is 5.82 Å². The summed E-state index contributed by atoms with van der Waals surface area (Å²) in [7, 11) is 1.89. The highest BCUT2D eigenvalue weighted by Crippen LogP contribution is 2.25. The van der Waals surface area contributed by atoms with Crippen molar-refractivity contribution in [2.45, 2.75) is 26.4 Å². The highest BCUT2D eigenvalue weighted by Gasteiger charge is 2.29. The summed E-state index contributed by atoms with van der Waals surface area (Å²) in [5.41, 5.74) is 7.73. The molecule has 1 aromatic rings. The SMILES string of the molecule is Cc1nn(C)c(N2CCNC(=O)C2C)c1CN. The molecule has 94 valence electrons. The highest BCUT2D eigenvalue weighted by molar-refractivity contribution is 5.86. The van der Waals surface area contributed by atoms with Crippen molar-refractivity contribution in [2.75, 3.05) is 18.0 Å². The molecule has 1 saturated heterocycles. The second-order valence-electron chi connectivity index (χ2n) is 4.38. The number of carbonyl (C=O) groups is 1. The largest absolute Gasteiger partial charge is 0.353 e. The molecule has 6 heteroatoms. The molecule has 1 aliphatic heterocycles. The lowest BCUT2D eigenvalue weighted by Gasteiger charge is -2.35. The van der Waals surface area contributed by atoms with Crippen molar-refractivity contribution in [2.24, 2.45) is 12.8 Å². The normalized spacial score (nSPS) is 20.6. The maximum absolute atomic E-state index is 11.7. The van der Waals surface area contributed by atoms with Gasteiger partial charge in [-0.05, 0) is 13.8 Å². The summed E-state index contributed by atoms with van der Waals surface area (Å²) in [6.07, 6.45) is 0. The number of hydrogen-bond donors (Lipinski definition) is 2. The van der Waals surface area contributed by atoms with E-state index in [1.807, 2.05) is 25.6 Å². The average Bonchev–Trinajstić information content (AvgIpc) is 2.57. The van der Waals surface area contributed by atoms with Gasteiger partial charge in [0.1, 0.15) is 11.9 Å². The zero-order chi connectivity index (χ0) is 12.6. The lowest BCUT2D eigenvalue weighted by atomic mass is 10.1. The minimum atomic E-state index is -0.177. The van der Waals surface area contributed by atoms with Crippen molar-refractivity contribution in [3.63, 3.8) is 0 Å². The van der Waals surface area contributed by atoms with E-state index < -0.39 is 0 Å². The van der Waals surface area contributed by atoms with Crippen molar-refractivity contribution in [1.29, 1.82) is 0 Å². The first kappa shape index (κ1) is 11.9. The highest BCUT2D eigenvalue weighted by atomic mass is 16.2. The fraction of sp³-hybridized carbons (Fsp3) is 0.636. The molecule has 2 rings (SSSR count). The van der Waals surface area contributed by atoms with Gasteiger partial charge < -0.3 is 16.0 Å². The molecule has 17 heavy (non-hydrogen) atoms. The zero-order valence-electron chi connectivity index (χ0n) is 10.5. The number of hydrogen-bond acceptors (Lipinski definition) is 4. The molecule has 1 aliphatic rings. The van der Waals surface area contributed by atoms with E-state index in [0.29, 0.717) is 13.1 Å². The Morgan fingerprint density at radius 3 is 2.94 bits per heavy atom. The summed E-state index contributed by atoms with van der Waals surface area (Å²) in [6.45, 7) is 5.74. The predicted octanol–water partition coefficient (Wildman–Crippen LogP) is -0.488. The number of nitrogens with two attached hydrogens (primary N) is 1. The molecule has 0 radical (unpaired) electrons. The Morgan fingerprint density at radius 1 is 1.59 bits per heavy atom. The van der Waals surface area contributed by atoms with Gasteiger partial charge in [0.05, 0.1) is 5.69 Å². The van der Waals surface area contributed by atoms with Gasteiger partial charge in [-0.25, -0.2) is 0 Å². The van der Waals surface area contributed by atoms with Crippen molar-refractivity contribution in [1.82, 2.24) is 15.1 Å². The van der Waals surface area contributed by atoms with Crippen LogP contribution >= 0.6 is 0 Å². The van der Waals surface area contributed by atoms with E-state index in [-0.39, 0.29) is 11.9 Å². The number of amides is 1. The molecule has 0 bridgehead atoms. The van der Waals surface area contributed by atoms with Gasteiger partial charge in [0.2, 0.25) is 5.91 Å². The number of aryl methyl sites for hydroxylation is 2. The number of nitrogens with one attached hydrogen (secondary N) is 1. The molecular weight excluding hydrogens is 218 g/mol. The summed E-state index contributed by atoms with van der Waals surface area (Å²) >= 11 is 0. The van der Waals surface area contributed by atoms with Gasteiger partial charge in [-0.2, -0.15) is 5.10 Å². The lowest BCUT2D eigenvalue weighted by Crippen LogP contribution is -2.54. The van der Waals surface area contributed by atoms with Crippen LogP contribution in [0.2, 0.25) is 0 Å². The van der Waals surface area contributed by atoms with Gasteiger partial charge in [0, 0.05) is 32.2 Å². The second kappa shape index (κ2) is 4.37. The first-order chi connectivity index (χ1) is 8.06. The monoisotopic (exact) mass is 237 g/mol. The third-order valence-electron chi connectivity index (χ3n) is 3.29. The second-order valence-corrected chi connectivity index (χ2v) is 4.38. The first-order valence-corrected chi connectivity index (χ1v) is 5.83. The molecule has 1 fully saturated rings. The Hall–Kier alpha value is -1.56. The molecule has 0 saturated carbocycles. The minimum absolute atomic E-state index is 0.0538. The maximum Gasteiger partial charge on any atom is 0.242 e. The summed E-state index contributed by atoms with van der Waals surface area (Å²) in [5.74, 6) is 1.02. The Kier molecular flexibility index (Phi) is 3.06. The van der Waals surface area contributed by atoms with Gasteiger partial charge in [0.15, 0.2) is 0 Å². The van der Waals surface area contributed by atoms with Crippen LogP contribution in [-0.4, -0.2) is 34.8 Å². The molecule has 0 aliphatic carbocycles. The number of piperazine rings is 1. The quantitative estimate of drug-likeness (QED) is 0.728. The van der Waals surface area contributed by atoms with Gasteiger partial charge in [-0.15, -0.1) is 0 Å². The standard InChI is InChI=1S/C11H19N5O/c1-7-9(6-12)11(15(3)14-7)16-5-4-13-10(17)8(16)2/h8H,4-6,12H2,1-3H3,(H,13,17). The van der Waals surface area contributed by atoms with E-state index in [2.05, 4.69) is 15.3 Å². The Balaban J connectivity index is 2.42. The molecule has 0 spiro atoms. The van der Waals surface area contributed by atoms with E-state index in [0.717, 1.165) is 23.6 Å². The number of anilines is 1. The fourth-order valence-electron chi connectivity index (χ4n) is 2.36. The zero-order valence-corrected chi connectivity index (χ0v) is 10.5. The Bertz CT molecular complexity index is 439. The van der Waals surface area contributed by atoms with E-state index in [1.54, 1.807) is 0 Å². The molecular formula is C11H19N5O. The first-order valence-electron chi connectivity index (χ1n) is 5.83. The molecule has 0 aromatic carbocycles. The number of nitrogens with zero attached hydrogens (tertiary/aromatic N) is 3. The van der Waals surface area contributed by atoms with Crippen molar-refractivity contribution in [3.05, 3.63) is 11.3 Å². The predicted molar refractivity (Wildman–Crippen MR) is 65.7 cm³/mol. The third-order valence-corrected chi connectivity index (χ3v) is 3.29. The molecule has 2 heterocycles. The van der Waals surface area contributed by atoms with Gasteiger partial charge >= 0.3 is 0 Å². The van der Waals surface area contributed by atoms with Gasteiger partial charge in [-0.1, -0.05) is 0 Å². The smallest absolute Gasteiger partial charge is 0.242 e. The topological polar surface area (TPSA) is 76.2 Å². The molecule has 3 N–H and O–H groups in total. The fourth-order valence-corrected chi connectivity index (χ4v) is 2.36. The van der Waals surface area contributed by atoms with Crippen molar-refractivity contribution < 1.29 is 4.79 Å². The minimum Gasteiger partial charge on any atom is -0.353 e. The Morgan fingerprint density at radius 2 is 2.29 bits per heavy atom. The van der Waals surface area contributed by atoms with Gasteiger partial charge in [-0.3, -0.25) is 9.48 Å². The van der Waals surface area contributed by atoms with Crippen LogP contribution in [0.15, 0.2) is 0 Å². The maximum atomic E-state index is 11.7. The molecule has 1 aromatic heterocycles. The number of carbonyl (C=O) groups excluding carboxylic acids is 1. The van der Waals surface area contributed by atoms with E-state index in [9.17, 15) is 4.79 Å².